The van der Waals surface area contributed by atoms with Crippen molar-refractivity contribution in [3.8, 4) is 0 Å². The molecule has 2 rings (SSSR count). The highest BCUT2D eigenvalue weighted by molar-refractivity contribution is 5.46. The number of aromatic nitrogens is 4. The lowest BCUT2D eigenvalue weighted by molar-refractivity contribution is 0.571. The fourth-order valence-electron chi connectivity index (χ4n) is 1.80. The van der Waals surface area contributed by atoms with E-state index in [0.717, 1.165) is 30.0 Å². The zero-order valence-corrected chi connectivity index (χ0v) is 9.94. The van der Waals surface area contributed by atoms with Crippen LogP contribution in [0, 0.1) is 13.8 Å². The Morgan fingerprint density at radius 2 is 2.12 bits per heavy atom. The zero-order chi connectivity index (χ0) is 11.7. The standard InChI is InChI=1S/C11H17N5/c1-8-11(12)9(2)16(14-8)7-5-10-4-6-13-15(10)3/h4,6H,5,7,12H2,1-3H3. The Kier molecular flexibility index (Phi) is 2.68. The number of hydrogen-bond donors (Lipinski definition) is 1. The van der Waals surface area contributed by atoms with Crippen LogP contribution in [0.2, 0.25) is 0 Å². The third-order valence-corrected chi connectivity index (χ3v) is 2.94. The van der Waals surface area contributed by atoms with E-state index in [1.54, 1.807) is 0 Å². The normalized spacial score (nSPS) is 10.9. The molecule has 0 radical (unpaired) electrons. The van der Waals surface area contributed by atoms with Gasteiger partial charge >= 0.3 is 0 Å². The molecule has 86 valence electrons. The van der Waals surface area contributed by atoms with Crippen molar-refractivity contribution < 1.29 is 0 Å². The molecule has 0 aromatic carbocycles. The predicted octanol–water partition coefficient (Wildman–Crippen LogP) is 1.06. The Morgan fingerprint density at radius 3 is 2.62 bits per heavy atom. The van der Waals surface area contributed by atoms with Crippen LogP contribution in [-0.4, -0.2) is 19.6 Å². The molecule has 16 heavy (non-hydrogen) atoms. The lowest BCUT2D eigenvalue weighted by Crippen LogP contribution is -2.08. The van der Waals surface area contributed by atoms with Crippen molar-refractivity contribution in [2.45, 2.75) is 26.8 Å². The van der Waals surface area contributed by atoms with Crippen LogP contribution in [0.4, 0.5) is 5.69 Å². The van der Waals surface area contributed by atoms with E-state index in [-0.39, 0.29) is 0 Å². The summed E-state index contributed by atoms with van der Waals surface area (Å²) in [6.45, 7) is 4.77. The zero-order valence-electron chi connectivity index (χ0n) is 9.94. The minimum absolute atomic E-state index is 0.796. The number of hydrogen-bond acceptors (Lipinski definition) is 3. The molecule has 0 amide bonds. The maximum Gasteiger partial charge on any atom is 0.0825 e. The molecule has 0 aliphatic carbocycles. The molecule has 0 saturated heterocycles. The van der Waals surface area contributed by atoms with Crippen LogP contribution in [-0.2, 0) is 20.0 Å². The maximum absolute atomic E-state index is 5.88. The maximum atomic E-state index is 5.88. The molecule has 5 heteroatoms. The van der Waals surface area contributed by atoms with Crippen molar-refractivity contribution in [1.82, 2.24) is 19.6 Å². The van der Waals surface area contributed by atoms with Crippen LogP contribution in [0.25, 0.3) is 0 Å². The largest absolute Gasteiger partial charge is 0.396 e. The summed E-state index contributed by atoms with van der Waals surface area (Å²) in [5.74, 6) is 0. The van der Waals surface area contributed by atoms with Crippen molar-refractivity contribution >= 4 is 5.69 Å². The van der Waals surface area contributed by atoms with Gasteiger partial charge in [0.15, 0.2) is 0 Å². The van der Waals surface area contributed by atoms with Gasteiger partial charge in [-0.15, -0.1) is 0 Å². The molecule has 0 aliphatic rings. The first-order valence-electron chi connectivity index (χ1n) is 5.36. The van der Waals surface area contributed by atoms with Crippen LogP contribution in [0.3, 0.4) is 0 Å². The quantitative estimate of drug-likeness (QED) is 0.839. The summed E-state index contributed by atoms with van der Waals surface area (Å²) in [4.78, 5) is 0. The Balaban J connectivity index is 2.11. The highest BCUT2D eigenvalue weighted by atomic mass is 15.3. The predicted molar refractivity (Wildman–Crippen MR) is 63.0 cm³/mol. The molecular weight excluding hydrogens is 202 g/mol. The van der Waals surface area contributed by atoms with Crippen LogP contribution in [0.15, 0.2) is 12.3 Å². The molecule has 2 N–H and O–H groups in total. The van der Waals surface area contributed by atoms with Crippen LogP contribution in [0.5, 0.6) is 0 Å². The summed E-state index contributed by atoms with van der Waals surface area (Å²) in [6, 6.07) is 2.02. The minimum atomic E-state index is 0.796. The topological polar surface area (TPSA) is 61.7 Å². The van der Waals surface area contributed by atoms with E-state index in [4.69, 9.17) is 5.73 Å². The number of aryl methyl sites for hydroxylation is 4. The van der Waals surface area contributed by atoms with Crippen LogP contribution < -0.4 is 5.73 Å². The van der Waals surface area contributed by atoms with Gasteiger partial charge in [0.2, 0.25) is 0 Å². The Hall–Kier alpha value is -1.78. The van der Waals surface area contributed by atoms with Gasteiger partial charge in [-0.25, -0.2) is 0 Å². The second-order valence-electron chi connectivity index (χ2n) is 4.00. The molecular formula is C11H17N5. The molecule has 0 spiro atoms. The monoisotopic (exact) mass is 219 g/mol. The first-order valence-corrected chi connectivity index (χ1v) is 5.36. The molecule has 0 fully saturated rings. The lowest BCUT2D eigenvalue weighted by Gasteiger charge is -2.04. The lowest BCUT2D eigenvalue weighted by atomic mass is 10.3. The van der Waals surface area contributed by atoms with E-state index in [1.165, 1.54) is 5.69 Å². The summed E-state index contributed by atoms with van der Waals surface area (Å²) in [5.41, 5.74) is 9.82. The highest BCUT2D eigenvalue weighted by Crippen LogP contribution is 2.15. The Morgan fingerprint density at radius 1 is 1.38 bits per heavy atom. The van der Waals surface area contributed by atoms with Gasteiger partial charge in [-0.05, 0) is 19.9 Å². The van der Waals surface area contributed by atoms with E-state index >= 15 is 0 Å². The van der Waals surface area contributed by atoms with Crippen LogP contribution in [0.1, 0.15) is 17.1 Å². The molecule has 0 bridgehead atoms. The minimum Gasteiger partial charge on any atom is -0.396 e. The van der Waals surface area contributed by atoms with E-state index in [1.807, 2.05) is 42.5 Å². The van der Waals surface area contributed by atoms with Gasteiger partial charge < -0.3 is 5.73 Å². The second-order valence-corrected chi connectivity index (χ2v) is 4.00. The van der Waals surface area contributed by atoms with E-state index in [0.29, 0.717) is 0 Å². The van der Waals surface area contributed by atoms with Gasteiger partial charge in [-0.3, -0.25) is 9.36 Å². The average Bonchev–Trinajstić information content (AvgIpc) is 2.76. The fraction of sp³-hybridized carbons (Fsp3) is 0.455. The fourth-order valence-corrected chi connectivity index (χ4v) is 1.80. The van der Waals surface area contributed by atoms with Gasteiger partial charge in [0.05, 0.1) is 17.1 Å². The highest BCUT2D eigenvalue weighted by Gasteiger charge is 2.08. The van der Waals surface area contributed by atoms with Crippen molar-refractivity contribution in [1.29, 1.82) is 0 Å². The van der Waals surface area contributed by atoms with Crippen LogP contribution >= 0.6 is 0 Å². The molecule has 0 aliphatic heterocycles. The number of nitrogens with zero attached hydrogens (tertiary/aromatic N) is 4. The second kappa shape index (κ2) is 4.00. The van der Waals surface area contributed by atoms with E-state index in [2.05, 4.69) is 10.2 Å². The number of nitrogen functional groups attached to an aromatic ring is 1. The smallest absolute Gasteiger partial charge is 0.0825 e. The molecule has 2 aromatic heterocycles. The Labute approximate surface area is 94.9 Å². The van der Waals surface area contributed by atoms with Gasteiger partial charge in [-0.1, -0.05) is 0 Å². The van der Waals surface area contributed by atoms with Crippen molar-refractivity contribution in [2.24, 2.45) is 7.05 Å². The first-order chi connectivity index (χ1) is 7.59. The first kappa shape index (κ1) is 10.7. The summed E-state index contributed by atoms with van der Waals surface area (Å²) in [6.07, 6.45) is 2.72. The number of nitrogens with two attached hydrogens (primary N) is 1. The number of rotatable bonds is 3. The van der Waals surface area contributed by atoms with Gasteiger partial charge in [-0.2, -0.15) is 10.2 Å². The summed E-state index contributed by atoms with van der Waals surface area (Å²) < 4.78 is 3.84. The summed E-state index contributed by atoms with van der Waals surface area (Å²) in [7, 11) is 1.95. The van der Waals surface area contributed by atoms with Crippen molar-refractivity contribution in [2.75, 3.05) is 5.73 Å². The molecule has 5 nitrogen and oxygen atoms in total. The molecule has 0 unspecified atom stereocenters. The molecule has 2 heterocycles. The van der Waals surface area contributed by atoms with E-state index < -0.39 is 0 Å². The Bertz CT molecular complexity index is 494. The molecule has 0 atom stereocenters. The van der Waals surface area contributed by atoms with Gasteiger partial charge in [0, 0.05) is 31.9 Å². The van der Waals surface area contributed by atoms with E-state index in [9.17, 15) is 0 Å². The SMILES string of the molecule is Cc1nn(CCc2ccnn2C)c(C)c1N. The van der Waals surface area contributed by atoms with Gasteiger partial charge in [0.25, 0.3) is 0 Å². The van der Waals surface area contributed by atoms with Crippen molar-refractivity contribution in [3.05, 3.63) is 29.3 Å². The third-order valence-electron chi connectivity index (χ3n) is 2.94. The van der Waals surface area contributed by atoms with Crippen molar-refractivity contribution in [3.63, 3.8) is 0 Å². The number of anilines is 1. The molecule has 2 aromatic rings. The third kappa shape index (κ3) is 1.80. The molecule has 0 saturated carbocycles. The van der Waals surface area contributed by atoms with Gasteiger partial charge in [0.1, 0.15) is 0 Å². The summed E-state index contributed by atoms with van der Waals surface area (Å²) >= 11 is 0. The summed E-state index contributed by atoms with van der Waals surface area (Å²) in [5, 5.41) is 8.54. The average molecular weight is 219 g/mol.